The lowest BCUT2D eigenvalue weighted by Gasteiger charge is -2.29. The molecule has 3 N–H and O–H groups in total. The van der Waals surface area contributed by atoms with Crippen LogP contribution < -0.4 is 10.6 Å². The summed E-state index contributed by atoms with van der Waals surface area (Å²) in [5, 5.41) is 15.4. The molecule has 1 unspecified atom stereocenters. The van der Waals surface area contributed by atoms with Crippen LogP contribution in [-0.4, -0.2) is 56.8 Å². The smallest absolute Gasteiger partial charge is 0.303 e. The number of hydrogen-bond donors (Lipinski definition) is 3. The lowest BCUT2D eigenvalue weighted by molar-refractivity contribution is -0.137. The van der Waals surface area contributed by atoms with Crippen LogP contribution in [0.3, 0.4) is 0 Å². The number of nitrogens with one attached hydrogen (secondary N) is 2. The summed E-state index contributed by atoms with van der Waals surface area (Å²) in [5.74, 6) is -0.653. The molecule has 3 rings (SSSR count). The summed E-state index contributed by atoms with van der Waals surface area (Å²) in [6, 6.07) is 8.80. The molecule has 2 aliphatic rings. The van der Waals surface area contributed by atoms with E-state index in [0.717, 1.165) is 12.8 Å². The normalized spacial score (nSPS) is 24.6. The molecule has 0 radical (unpaired) electrons. The zero-order valence-electron chi connectivity index (χ0n) is 18.6. The molecule has 2 saturated heterocycles. The summed E-state index contributed by atoms with van der Waals surface area (Å²) in [6.07, 6.45) is 9.20. The number of hydrogen-bond acceptors (Lipinski definition) is 5. The number of rotatable bonds is 13. The molecule has 0 spiro atoms. The number of carboxylic acids is 1. The van der Waals surface area contributed by atoms with Gasteiger partial charge in [-0.2, -0.15) is 11.8 Å². The van der Waals surface area contributed by atoms with Crippen LogP contribution in [0.5, 0.6) is 0 Å². The monoisotopic (exact) mass is 492 g/mol. The summed E-state index contributed by atoms with van der Waals surface area (Å²) in [6.45, 7) is 0.475. The first-order chi connectivity index (χ1) is 15.9. The van der Waals surface area contributed by atoms with E-state index in [1.165, 1.54) is 12.8 Å². The topological polar surface area (TPSA) is 119 Å². The number of carbonyl (C=O) groups excluding carboxylic acids is 2. The van der Waals surface area contributed by atoms with Gasteiger partial charge in [-0.15, -0.1) is 0 Å². The molecule has 2 fully saturated rings. The Morgan fingerprint density at radius 1 is 1.06 bits per heavy atom. The molecule has 1 aromatic rings. The van der Waals surface area contributed by atoms with Crippen LogP contribution in [0.1, 0.15) is 38.5 Å². The minimum absolute atomic E-state index is 0.118. The van der Waals surface area contributed by atoms with E-state index < -0.39 is 23.1 Å². The van der Waals surface area contributed by atoms with Gasteiger partial charge in [-0.05, 0) is 67.2 Å². The fourth-order valence-electron chi connectivity index (χ4n) is 4.52. The zero-order valence-corrected chi connectivity index (χ0v) is 20.2. The minimum atomic E-state index is -1.43. The van der Waals surface area contributed by atoms with Gasteiger partial charge in [0.15, 0.2) is 10.6 Å². The molecule has 5 atom stereocenters. The fourth-order valence-corrected chi connectivity index (χ4v) is 7.50. The second kappa shape index (κ2) is 13.1. The van der Waals surface area contributed by atoms with Gasteiger partial charge in [0.2, 0.25) is 5.91 Å². The van der Waals surface area contributed by atoms with Gasteiger partial charge in [0, 0.05) is 23.5 Å². The van der Waals surface area contributed by atoms with Crippen molar-refractivity contribution in [3.63, 3.8) is 0 Å². The Kier molecular flexibility index (Phi) is 10.1. The van der Waals surface area contributed by atoms with E-state index in [2.05, 4.69) is 22.8 Å². The van der Waals surface area contributed by atoms with Crippen LogP contribution in [0, 0.1) is 11.8 Å². The maximum atomic E-state index is 12.3. The van der Waals surface area contributed by atoms with E-state index in [1.54, 1.807) is 24.3 Å². The van der Waals surface area contributed by atoms with Gasteiger partial charge in [0.25, 0.3) is 5.91 Å². The van der Waals surface area contributed by atoms with Crippen molar-refractivity contribution in [2.24, 2.45) is 11.8 Å². The van der Waals surface area contributed by atoms with Gasteiger partial charge >= 0.3 is 5.97 Å². The number of thioether (sulfide) groups is 1. The van der Waals surface area contributed by atoms with Crippen molar-refractivity contribution in [1.29, 1.82) is 0 Å². The lowest BCUT2D eigenvalue weighted by atomic mass is 9.77. The van der Waals surface area contributed by atoms with E-state index in [0.29, 0.717) is 40.2 Å². The molecule has 33 heavy (non-hydrogen) atoms. The Balaban J connectivity index is 1.37. The largest absolute Gasteiger partial charge is 0.611 e. The van der Waals surface area contributed by atoms with E-state index in [9.17, 15) is 18.9 Å². The Hall–Kier alpha value is -1.97. The quantitative estimate of drug-likeness (QED) is 0.221. The molecule has 0 saturated carbocycles. The number of aliphatic carboxylic acids is 1. The molecule has 7 nitrogen and oxygen atoms in total. The van der Waals surface area contributed by atoms with E-state index >= 15 is 0 Å². The van der Waals surface area contributed by atoms with Crippen molar-refractivity contribution in [3.05, 3.63) is 42.5 Å². The van der Waals surface area contributed by atoms with Crippen LogP contribution in [0.15, 0.2) is 47.4 Å². The Bertz CT molecular complexity index is 835. The third-order valence-corrected chi connectivity index (χ3v) is 9.37. The first-order valence-electron chi connectivity index (χ1n) is 11.4. The molecule has 1 aromatic carbocycles. The number of benzene rings is 1. The van der Waals surface area contributed by atoms with E-state index in [1.807, 2.05) is 17.8 Å². The van der Waals surface area contributed by atoms with Gasteiger partial charge in [-0.25, -0.2) is 0 Å². The number of carboxylic acid groups (broad SMARTS) is 1. The van der Waals surface area contributed by atoms with Crippen molar-refractivity contribution in [1.82, 2.24) is 10.6 Å². The van der Waals surface area contributed by atoms with Gasteiger partial charge in [-0.1, -0.05) is 30.4 Å². The molecular formula is C24H32N2O5S2. The SMILES string of the molecule is O=C(O)CCC/C=C\C[C@H]1[C@@H](CNC(=O)CNC(=O)C[S+]([O-])c2ccccc2)[C@H]2CC[C@@H]1S2. The molecule has 0 aromatic heterocycles. The standard InChI is InChI=1S/C24H32N2O5S2/c27-22(15-26-23(28)16-33(31)17-8-4-3-5-9-17)25-14-19-18(20-12-13-21(19)32-20)10-6-1-2-7-11-24(29)30/h1,3-6,8-9,18-21H,2,7,10-16H2,(H,25,27)(H,26,28)(H,29,30)/b6-1-/t18-,19+,20-,21+,33?/m0/s1. The average molecular weight is 493 g/mol. The van der Waals surface area contributed by atoms with Crippen molar-refractivity contribution in [2.45, 2.75) is 53.9 Å². The predicted molar refractivity (Wildman–Crippen MR) is 130 cm³/mol. The Morgan fingerprint density at radius 3 is 2.52 bits per heavy atom. The van der Waals surface area contributed by atoms with Crippen LogP contribution in [0.25, 0.3) is 0 Å². The lowest BCUT2D eigenvalue weighted by Crippen LogP contribution is -2.43. The van der Waals surface area contributed by atoms with Crippen molar-refractivity contribution < 1.29 is 24.0 Å². The summed E-state index contributed by atoms with van der Waals surface area (Å²) < 4.78 is 12.2. The van der Waals surface area contributed by atoms with Crippen molar-refractivity contribution >= 4 is 40.7 Å². The average Bonchev–Trinajstić information content (AvgIpc) is 3.41. The zero-order chi connectivity index (χ0) is 23.6. The van der Waals surface area contributed by atoms with Gasteiger partial charge in [-0.3, -0.25) is 14.4 Å². The number of amides is 2. The highest BCUT2D eigenvalue weighted by molar-refractivity contribution is 8.01. The number of allylic oxidation sites excluding steroid dienone is 2. The highest BCUT2D eigenvalue weighted by Crippen LogP contribution is 2.54. The third kappa shape index (κ3) is 8.08. The molecule has 2 amide bonds. The van der Waals surface area contributed by atoms with Gasteiger partial charge < -0.3 is 20.3 Å². The fraction of sp³-hybridized carbons (Fsp3) is 0.542. The summed E-state index contributed by atoms with van der Waals surface area (Å²) >= 11 is 0.598. The molecule has 180 valence electrons. The van der Waals surface area contributed by atoms with E-state index in [-0.39, 0.29) is 24.6 Å². The maximum Gasteiger partial charge on any atom is 0.303 e. The van der Waals surface area contributed by atoms with E-state index in [4.69, 9.17) is 5.11 Å². The number of fused-ring (bicyclic) bond motifs is 2. The van der Waals surface area contributed by atoms with Crippen LogP contribution in [0.4, 0.5) is 0 Å². The molecule has 9 heteroatoms. The van der Waals surface area contributed by atoms with Gasteiger partial charge in [0.1, 0.15) is 0 Å². The van der Waals surface area contributed by atoms with Crippen LogP contribution in [-0.2, 0) is 25.6 Å². The Labute approximate surface area is 202 Å². The van der Waals surface area contributed by atoms with Crippen molar-refractivity contribution in [3.8, 4) is 0 Å². The molecular weight excluding hydrogens is 460 g/mol. The number of unbranched alkanes of at least 4 members (excludes halogenated alkanes) is 1. The minimum Gasteiger partial charge on any atom is -0.611 e. The molecule has 2 bridgehead atoms. The molecule has 2 aliphatic heterocycles. The second-order valence-electron chi connectivity index (χ2n) is 8.49. The van der Waals surface area contributed by atoms with Crippen LogP contribution >= 0.6 is 11.8 Å². The van der Waals surface area contributed by atoms with Gasteiger partial charge in [0.05, 0.1) is 6.54 Å². The summed E-state index contributed by atoms with van der Waals surface area (Å²) in [4.78, 5) is 35.5. The maximum absolute atomic E-state index is 12.3. The van der Waals surface area contributed by atoms with Crippen molar-refractivity contribution in [2.75, 3.05) is 18.8 Å². The highest BCUT2D eigenvalue weighted by Gasteiger charge is 2.47. The Morgan fingerprint density at radius 2 is 1.79 bits per heavy atom. The summed E-state index contributed by atoms with van der Waals surface area (Å²) in [5.41, 5.74) is 0. The number of carbonyl (C=O) groups is 3. The third-order valence-electron chi connectivity index (χ3n) is 6.18. The first-order valence-corrected chi connectivity index (χ1v) is 13.7. The highest BCUT2D eigenvalue weighted by atomic mass is 32.2. The van der Waals surface area contributed by atoms with Crippen LogP contribution in [0.2, 0.25) is 0 Å². The second-order valence-corrected chi connectivity index (χ2v) is 11.4. The first kappa shape index (κ1) is 25.6. The summed E-state index contributed by atoms with van der Waals surface area (Å²) in [7, 11) is 0. The predicted octanol–water partition coefficient (Wildman–Crippen LogP) is 2.74. The molecule has 2 heterocycles. The molecule has 0 aliphatic carbocycles.